The van der Waals surface area contributed by atoms with Crippen molar-refractivity contribution >= 4 is 17.5 Å². The van der Waals surface area contributed by atoms with E-state index in [0.717, 1.165) is 41.9 Å². The molecule has 1 saturated heterocycles. The molecule has 1 unspecified atom stereocenters. The van der Waals surface area contributed by atoms with Gasteiger partial charge in [0.15, 0.2) is 5.82 Å². The van der Waals surface area contributed by atoms with Gasteiger partial charge in [0.1, 0.15) is 11.8 Å². The van der Waals surface area contributed by atoms with Crippen molar-refractivity contribution in [3.63, 3.8) is 0 Å². The maximum Gasteiger partial charge on any atom is 0.249 e. The number of carbonyl (C=O) groups excluding carboxylic acids is 1. The van der Waals surface area contributed by atoms with Crippen LogP contribution in [0.1, 0.15) is 19.3 Å². The van der Waals surface area contributed by atoms with Crippen LogP contribution in [0.4, 0.5) is 0 Å². The number of benzene rings is 1. The molecule has 1 atom stereocenters. The first-order chi connectivity index (χ1) is 14.1. The number of nitrogens with one attached hydrogen (secondary N) is 1. The summed E-state index contributed by atoms with van der Waals surface area (Å²) in [6, 6.07) is 7.66. The van der Waals surface area contributed by atoms with E-state index in [9.17, 15) is 4.79 Å². The lowest BCUT2D eigenvalue weighted by molar-refractivity contribution is -0.135. The van der Waals surface area contributed by atoms with Crippen LogP contribution in [0, 0.1) is 0 Å². The molecule has 2 aromatic heterocycles. The Labute approximate surface area is 174 Å². The minimum Gasteiger partial charge on any atom is -0.368 e. The predicted molar refractivity (Wildman–Crippen MR) is 111 cm³/mol. The van der Waals surface area contributed by atoms with E-state index in [2.05, 4.69) is 10.3 Å². The number of rotatable bonds is 6. The summed E-state index contributed by atoms with van der Waals surface area (Å²) in [4.78, 5) is 16.7. The van der Waals surface area contributed by atoms with Crippen LogP contribution in [0.2, 0.25) is 5.02 Å². The van der Waals surface area contributed by atoms with Gasteiger partial charge in [-0.2, -0.15) is 5.10 Å². The summed E-state index contributed by atoms with van der Waals surface area (Å²) in [5.41, 5.74) is 2.78. The summed E-state index contributed by atoms with van der Waals surface area (Å²) < 4.78 is 9.32. The van der Waals surface area contributed by atoms with Crippen molar-refractivity contribution < 1.29 is 9.53 Å². The van der Waals surface area contributed by atoms with Crippen molar-refractivity contribution in [3.8, 4) is 22.6 Å². The van der Waals surface area contributed by atoms with Gasteiger partial charge in [-0.1, -0.05) is 23.7 Å². The fourth-order valence-corrected chi connectivity index (χ4v) is 3.62. The molecule has 0 saturated carbocycles. The van der Waals surface area contributed by atoms with E-state index in [-0.39, 0.29) is 12.0 Å². The molecule has 1 N–H and O–H groups in total. The third-order valence-electron chi connectivity index (χ3n) is 5.06. The topological polar surface area (TPSA) is 74.0 Å². The molecule has 4 rings (SSSR count). The van der Waals surface area contributed by atoms with Crippen LogP contribution in [-0.2, 0) is 23.1 Å². The highest BCUT2D eigenvalue weighted by Gasteiger charge is 2.21. The van der Waals surface area contributed by atoms with E-state index in [1.54, 1.807) is 6.20 Å². The lowest BCUT2D eigenvalue weighted by Crippen LogP contribution is -2.39. The zero-order valence-electron chi connectivity index (χ0n) is 16.3. The van der Waals surface area contributed by atoms with Crippen LogP contribution in [0.15, 0.2) is 42.9 Å². The van der Waals surface area contributed by atoms with Crippen LogP contribution in [0.25, 0.3) is 22.6 Å². The molecule has 1 aliphatic heterocycles. The summed E-state index contributed by atoms with van der Waals surface area (Å²) in [5.74, 6) is 0.743. The van der Waals surface area contributed by atoms with Crippen LogP contribution in [0.5, 0.6) is 0 Å². The van der Waals surface area contributed by atoms with E-state index < -0.39 is 0 Å². The van der Waals surface area contributed by atoms with Gasteiger partial charge in [-0.15, -0.1) is 0 Å². The molecule has 29 heavy (non-hydrogen) atoms. The Kier molecular flexibility index (Phi) is 5.97. The molecule has 1 fully saturated rings. The number of halogens is 1. The second kappa shape index (κ2) is 8.80. The number of carbonyl (C=O) groups is 1. The highest BCUT2D eigenvalue weighted by molar-refractivity contribution is 6.30. The number of hydrogen-bond donors (Lipinski definition) is 1. The van der Waals surface area contributed by atoms with Crippen molar-refractivity contribution in [2.45, 2.75) is 31.9 Å². The molecular formula is C21H24ClN5O2. The zero-order chi connectivity index (χ0) is 20.2. The van der Waals surface area contributed by atoms with E-state index >= 15 is 0 Å². The molecule has 3 aromatic rings. The fourth-order valence-electron chi connectivity index (χ4n) is 3.49. The molecule has 1 aliphatic rings. The SMILES string of the molecule is Cn1ccnc1-c1nn(CCNC(=O)C2CCCCO2)cc1-c1ccc(Cl)cc1. The van der Waals surface area contributed by atoms with Crippen molar-refractivity contribution in [2.75, 3.05) is 13.2 Å². The van der Waals surface area contributed by atoms with Gasteiger partial charge < -0.3 is 14.6 Å². The number of amides is 1. The van der Waals surface area contributed by atoms with E-state index in [4.69, 9.17) is 21.4 Å². The Bertz CT molecular complexity index is 973. The molecule has 1 amide bonds. The number of nitrogens with zero attached hydrogens (tertiary/aromatic N) is 4. The van der Waals surface area contributed by atoms with Gasteiger partial charge in [0.25, 0.3) is 0 Å². The van der Waals surface area contributed by atoms with E-state index in [0.29, 0.717) is 24.7 Å². The molecule has 0 aliphatic carbocycles. The first-order valence-corrected chi connectivity index (χ1v) is 10.2. The maximum absolute atomic E-state index is 12.3. The lowest BCUT2D eigenvalue weighted by atomic mass is 10.1. The number of imidazole rings is 1. The minimum atomic E-state index is -0.325. The zero-order valence-corrected chi connectivity index (χ0v) is 17.1. The molecule has 0 bridgehead atoms. The molecular weight excluding hydrogens is 390 g/mol. The maximum atomic E-state index is 12.3. The van der Waals surface area contributed by atoms with Crippen LogP contribution in [0.3, 0.4) is 0 Å². The van der Waals surface area contributed by atoms with Gasteiger partial charge in [-0.25, -0.2) is 4.98 Å². The van der Waals surface area contributed by atoms with Crippen molar-refractivity contribution in [2.24, 2.45) is 7.05 Å². The molecule has 7 nitrogen and oxygen atoms in total. The minimum absolute atomic E-state index is 0.0425. The molecule has 3 heterocycles. The first kappa shape index (κ1) is 19.7. The number of hydrogen-bond acceptors (Lipinski definition) is 4. The van der Waals surface area contributed by atoms with Crippen molar-refractivity contribution in [1.29, 1.82) is 0 Å². The van der Waals surface area contributed by atoms with Crippen LogP contribution >= 0.6 is 11.6 Å². The summed E-state index contributed by atoms with van der Waals surface area (Å²) >= 11 is 6.04. The largest absolute Gasteiger partial charge is 0.368 e. The van der Waals surface area contributed by atoms with Crippen LogP contribution in [-0.4, -0.2) is 44.5 Å². The van der Waals surface area contributed by atoms with Gasteiger partial charge >= 0.3 is 0 Å². The van der Waals surface area contributed by atoms with Gasteiger partial charge in [-0.3, -0.25) is 9.48 Å². The monoisotopic (exact) mass is 413 g/mol. The molecule has 0 spiro atoms. The third kappa shape index (κ3) is 4.52. The van der Waals surface area contributed by atoms with Crippen molar-refractivity contribution in [3.05, 3.63) is 47.9 Å². The quantitative estimate of drug-likeness (QED) is 0.673. The molecule has 0 radical (unpaired) electrons. The number of aryl methyl sites for hydroxylation is 1. The Hall–Kier alpha value is -2.64. The summed E-state index contributed by atoms with van der Waals surface area (Å²) in [6.07, 6.45) is 8.16. The summed E-state index contributed by atoms with van der Waals surface area (Å²) in [6.45, 7) is 1.71. The normalized spacial score (nSPS) is 16.7. The van der Waals surface area contributed by atoms with Gasteiger partial charge in [0.05, 0.1) is 6.54 Å². The highest BCUT2D eigenvalue weighted by atomic mass is 35.5. The van der Waals surface area contributed by atoms with Crippen LogP contribution < -0.4 is 5.32 Å². The Morgan fingerprint density at radius 2 is 2.14 bits per heavy atom. The second-order valence-electron chi connectivity index (χ2n) is 7.17. The fraction of sp³-hybridized carbons (Fsp3) is 0.381. The predicted octanol–water partition coefficient (Wildman–Crippen LogP) is 3.29. The Morgan fingerprint density at radius 1 is 1.31 bits per heavy atom. The standard InChI is InChI=1S/C21H24ClN5O2/c1-26-11-9-23-20(26)19-17(15-5-7-16(22)8-6-15)14-27(25-19)12-10-24-21(28)18-4-2-3-13-29-18/h5-9,11,14,18H,2-4,10,12-13H2,1H3,(H,24,28). The van der Waals surface area contributed by atoms with E-state index in [1.165, 1.54) is 0 Å². The van der Waals surface area contributed by atoms with Gasteiger partial charge in [0, 0.05) is 49.4 Å². The highest BCUT2D eigenvalue weighted by Crippen LogP contribution is 2.30. The molecule has 8 heteroatoms. The first-order valence-electron chi connectivity index (χ1n) is 9.82. The average molecular weight is 414 g/mol. The van der Waals surface area contributed by atoms with Crippen molar-refractivity contribution in [1.82, 2.24) is 24.6 Å². The Balaban J connectivity index is 1.51. The Morgan fingerprint density at radius 3 is 2.83 bits per heavy atom. The smallest absolute Gasteiger partial charge is 0.249 e. The summed E-state index contributed by atoms with van der Waals surface area (Å²) in [5, 5.41) is 8.39. The van der Waals surface area contributed by atoms with E-state index in [1.807, 2.05) is 53.0 Å². The van der Waals surface area contributed by atoms with Gasteiger partial charge in [0.2, 0.25) is 5.91 Å². The third-order valence-corrected chi connectivity index (χ3v) is 5.31. The lowest BCUT2D eigenvalue weighted by Gasteiger charge is -2.21. The van der Waals surface area contributed by atoms with Gasteiger partial charge in [-0.05, 0) is 37.0 Å². The number of aromatic nitrogens is 4. The number of ether oxygens (including phenoxy) is 1. The molecule has 152 valence electrons. The average Bonchev–Trinajstić information content (AvgIpc) is 3.35. The summed E-state index contributed by atoms with van der Waals surface area (Å²) in [7, 11) is 1.94. The molecule has 1 aromatic carbocycles. The second-order valence-corrected chi connectivity index (χ2v) is 7.61.